The molecular weight excluding hydrogens is 220 g/mol. The SMILES string of the molecule is CCCCCCc1cc2cscc2c(=O)o1. The van der Waals surface area contributed by atoms with Crippen molar-refractivity contribution in [1.29, 1.82) is 0 Å². The van der Waals surface area contributed by atoms with Crippen LogP contribution in [0, 0.1) is 0 Å². The van der Waals surface area contributed by atoms with Gasteiger partial charge in [-0.25, -0.2) is 4.79 Å². The monoisotopic (exact) mass is 236 g/mol. The summed E-state index contributed by atoms with van der Waals surface area (Å²) in [5, 5.41) is 5.58. The van der Waals surface area contributed by atoms with Gasteiger partial charge < -0.3 is 4.42 Å². The minimum absolute atomic E-state index is 0.191. The molecule has 16 heavy (non-hydrogen) atoms. The van der Waals surface area contributed by atoms with Crippen LogP contribution in [0.1, 0.15) is 38.4 Å². The van der Waals surface area contributed by atoms with Crippen LogP contribution >= 0.6 is 11.3 Å². The van der Waals surface area contributed by atoms with Gasteiger partial charge in [0.05, 0.1) is 5.39 Å². The molecule has 86 valence electrons. The van der Waals surface area contributed by atoms with Crippen molar-refractivity contribution in [3.63, 3.8) is 0 Å². The number of aryl methyl sites for hydroxylation is 1. The van der Waals surface area contributed by atoms with Gasteiger partial charge in [-0.1, -0.05) is 26.2 Å². The average Bonchev–Trinajstić information content (AvgIpc) is 2.73. The number of hydrogen-bond donors (Lipinski definition) is 0. The van der Waals surface area contributed by atoms with Crippen molar-refractivity contribution in [1.82, 2.24) is 0 Å². The van der Waals surface area contributed by atoms with E-state index in [1.54, 1.807) is 11.3 Å². The molecular formula is C13H16O2S. The number of thiophene rings is 1. The molecule has 3 heteroatoms. The Kier molecular flexibility index (Phi) is 3.78. The topological polar surface area (TPSA) is 30.2 Å². The Labute approximate surface area is 98.9 Å². The van der Waals surface area contributed by atoms with Crippen molar-refractivity contribution < 1.29 is 4.42 Å². The Bertz CT molecular complexity index is 510. The van der Waals surface area contributed by atoms with Gasteiger partial charge in [-0.2, -0.15) is 11.3 Å². The van der Waals surface area contributed by atoms with Crippen LogP contribution < -0.4 is 5.63 Å². The molecule has 2 heterocycles. The molecule has 2 nitrogen and oxygen atoms in total. The molecule has 0 aliphatic carbocycles. The van der Waals surface area contributed by atoms with Crippen molar-refractivity contribution in [3.05, 3.63) is 33.0 Å². The molecule has 2 aromatic heterocycles. The maximum absolute atomic E-state index is 11.6. The molecule has 0 aromatic carbocycles. The molecule has 0 fully saturated rings. The van der Waals surface area contributed by atoms with Crippen LogP contribution in [-0.4, -0.2) is 0 Å². The molecule has 0 N–H and O–H groups in total. The van der Waals surface area contributed by atoms with Crippen molar-refractivity contribution >= 4 is 22.1 Å². The molecule has 0 radical (unpaired) electrons. The first kappa shape index (κ1) is 11.4. The lowest BCUT2D eigenvalue weighted by molar-refractivity contribution is 0.456. The molecule has 0 amide bonds. The van der Waals surface area contributed by atoms with E-state index in [1.807, 2.05) is 16.8 Å². The number of hydrogen-bond acceptors (Lipinski definition) is 3. The largest absolute Gasteiger partial charge is 0.427 e. The van der Waals surface area contributed by atoms with Crippen LogP contribution in [0.4, 0.5) is 0 Å². The maximum atomic E-state index is 11.6. The number of unbranched alkanes of at least 4 members (excludes halogenated alkanes) is 3. The summed E-state index contributed by atoms with van der Waals surface area (Å²) < 4.78 is 5.28. The predicted molar refractivity (Wildman–Crippen MR) is 68.2 cm³/mol. The van der Waals surface area contributed by atoms with Crippen molar-refractivity contribution in [3.8, 4) is 0 Å². The molecule has 2 aromatic rings. The van der Waals surface area contributed by atoms with Crippen molar-refractivity contribution in [2.24, 2.45) is 0 Å². The number of rotatable bonds is 5. The third-order valence-electron chi connectivity index (χ3n) is 2.73. The van der Waals surface area contributed by atoms with Gasteiger partial charge in [0.1, 0.15) is 5.76 Å². The molecule has 0 unspecified atom stereocenters. The Morgan fingerprint density at radius 1 is 1.25 bits per heavy atom. The summed E-state index contributed by atoms with van der Waals surface area (Å²) in [6.07, 6.45) is 5.67. The third kappa shape index (κ3) is 2.53. The van der Waals surface area contributed by atoms with Gasteiger partial charge in [-0.15, -0.1) is 0 Å². The minimum Gasteiger partial charge on any atom is -0.427 e. The smallest absolute Gasteiger partial charge is 0.344 e. The highest BCUT2D eigenvalue weighted by Crippen LogP contribution is 2.18. The summed E-state index contributed by atoms with van der Waals surface area (Å²) in [7, 11) is 0. The highest BCUT2D eigenvalue weighted by atomic mass is 32.1. The van der Waals surface area contributed by atoms with Crippen LogP contribution in [0.25, 0.3) is 10.8 Å². The van der Waals surface area contributed by atoms with E-state index in [1.165, 1.54) is 19.3 Å². The van der Waals surface area contributed by atoms with E-state index < -0.39 is 0 Å². The van der Waals surface area contributed by atoms with E-state index in [0.29, 0.717) is 5.39 Å². The summed E-state index contributed by atoms with van der Waals surface area (Å²) in [5.41, 5.74) is -0.191. The summed E-state index contributed by atoms with van der Waals surface area (Å²) in [6, 6.07) is 2.00. The van der Waals surface area contributed by atoms with Crippen LogP contribution in [0.2, 0.25) is 0 Å². The van der Waals surface area contributed by atoms with E-state index in [0.717, 1.165) is 24.0 Å². The predicted octanol–water partition coefficient (Wildman–Crippen LogP) is 3.98. The fourth-order valence-corrected chi connectivity index (χ4v) is 2.59. The minimum atomic E-state index is -0.191. The lowest BCUT2D eigenvalue weighted by atomic mass is 10.1. The zero-order chi connectivity index (χ0) is 11.4. The lowest BCUT2D eigenvalue weighted by Crippen LogP contribution is -2.00. The second kappa shape index (κ2) is 5.30. The molecule has 0 atom stereocenters. The first-order valence-corrected chi connectivity index (χ1v) is 6.74. The van der Waals surface area contributed by atoms with Gasteiger partial charge in [0.2, 0.25) is 0 Å². The molecule has 0 aliphatic rings. The van der Waals surface area contributed by atoms with Crippen LogP contribution in [-0.2, 0) is 6.42 Å². The average molecular weight is 236 g/mol. The molecule has 0 aliphatic heterocycles. The first-order valence-electron chi connectivity index (χ1n) is 5.80. The number of fused-ring (bicyclic) bond motifs is 1. The van der Waals surface area contributed by atoms with Crippen LogP contribution in [0.15, 0.2) is 26.0 Å². The highest BCUT2D eigenvalue weighted by Gasteiger charge is 2.04. The maximum Gasteiger partial charge on any atom is 0.344 e. The molecule has 0 spiro atoms. The van der Waals surface area contributed by atoms with Crippen molar-refractivity contribution in [2.75, 3.05) is 0 Å². The van der Waals surface area contributed by atoms with Crippen LogP contribution in [0.5, 0.6) is 0 Å². The van der Waals surface area contributed by atoms with E-state index >= 15 is 0 Å². The van der Waals surface area contributed by atoms with E-state index in [-0.39, 0.29) is 5.63 Å². The summed E-state index contributed by atoms with van der Waals surface area (Å²) in [5.74, 6) is 0.826. The second-order valence-electron chi connectivity index (χ2n) is 4.05. The van der Waals surface area contributed by atoms with Gasteiger partial charge in [-0.3, -0.25) is 0 Å². The molecule has 0 saturated heterocycles. The summed E-state index contributed by atoms with van der Waals surface area (Å²) in [4.78, 5) is 11.6. The Balaban J connectivity index is 2.10. The molecule has 0 bridgehead atoms. The van der Waals surface area contributed by atoms with Gasteiger partial charge in [0, 0.05) is 17.2 Å². The van der Waals surface area contributed by atoms with Gasteiger partial charge in [0.15, 0.2) is 0 Å². The lowest BCUT2D eigenvalue weighted by Gasteiger charge is -2.00. The normalized spacial score (nSPS) is 11.1. The van der Waals surface area contributed by atoms with E-state index in [9.17, 15) is 4.79 Å². The second-order valence-corrected chi connectivity index (χ2v) is 4.80. The zero-order valence-corrected chi connectivity index (χ0v) is 10.3. The zero-order valence-electron chi connectivity index (χ0n) is 9.49. The van der Waals surface area contributed by atoms with E-state index in [4.69, 9.17) is 4.42 Å². The summed E-state index contributed by atoms with van der Waals surface area (Å²) >= 11 is 1.55. The first-order chi connectivity index (χ1) is 7.81. The molecule has 2 rings (SSSR count). The highest BCUT2D eigenvalue weighted by molar-refractivity contribution is 7.09. The quantitative estimate of drug-likeness (QED) is 0.735. The van der Waals surface area contributed by atoms with Gasteiger partial charge in [-0.05, 0) is 17.9 Å². The molecule has 0 saturated carbocycles. The Hall–Kier alpha value is -1.09. The third-order valence-corrected chi connectivity index (χ3v) is 3.49. The fraction of sp³-hybridized carbons (Fsp3) is 0.462. The fourth-order valence-electron chi connectivity index (χ4n) is 1.81. The van der Waals surface area contributed by atoms with E-state index in [2.05, 4.69) is 6.92 Å². The Morgan fingerprint density at radius 3 is 2.94 bits per heavy atom. The van der Waals surface area contributed by atoms with Gasteiger partial charge in [0.25, 0.3) is 0 Å². The van der Waals surface area contributed by atoms with Crippen LogP contribution in [0.3, 0.4) is 0 Å². The Morgan fingerprint density at radius 2 is 2.12 bits per heavy atom. The van der Waals surface area contributed by atoms with Gasteiger partial charge >= 0.3 is 5.63 Å². The summed E-state index contributed by atoms with van der Waals surface area (Å²) in [6.45, 7) is 2.19. The van der Waals surface area contributed by atoms with Crippen molar-refractivity contribution in [2.45, 2.75) is 39.0 Å². The standard InChI is InChI=1S/C13H16O2S/c1-2-3-4-5-6-11-7-10-8-16-9-12(10)13(14)15-11/h7-9H,2-6H2,1H3.